The van der Waals surface area contributed by atoms with Crippen molar-refractivity contribution in [3.05, 3.63) is 23.3 Å². The van der Waals surface area contributed by atoms with Crippen molar-refractivity contribution < 1.29 is 4.11 Å². The molecule has 1 aromatic heterocycles. The zero-order valence-electron chi connectivity index (χ0n) is 6.90. The van der Waals surface area contributed by atoms with Crippen molar-refractivity contribution >= 4 is 17.4 Å². The van der Waals surface area contributed by atoms with Crippen molar-refractivity contribution in [1.29, 1.82) is 0 Å². The lowest BCUT2D eigenvalue weighted by Crippen LogP contribution is -1.87. The molecular formula is C5H5ClN2. The van der Waals surface area contributed by atoms with Crippen molar-refractivity contribution in [2.45, 2.75) is 0 Å². The summed E-state index contributed by atoms with van der Waals surface area (Å²) in [5.74, 6) is -0.115. The van der Waals surface area contributed by atoms with Crippen LogP contribution in [-0.4, -0.2) is 4.98 Å². The Morgan fingerprint density at radius 1 is 1.75 bits per heavy atom. The molecule has 0 aliphatic carbocycles. The summed E-state index contributed by atoms with van der Waals surface area (Å²) in [4.78, 5) is 3.48. The molecule has 42 valence electrons. The summed E-state index contributed by atoms with van der Waals surface area (Å²) in [5, 5.41) is -0.136. The second-order valence-electron chi connectivity index (χ2n) is 1.16. The number of nitrogens with zero attached hydrogens (tertiary/aromatic N) is 1. The van der Waals surface area contributed by atoms with Crippen molar-refractivity contribution in [2.24, 2.45) is 0 Å². The first kappa shape index (κ1) is 2.69. The van der Waals surface area contributed by atoms with Gasteiger partial charge in [-0.2, -0.15) is 0 Å². The number of anilines is 1. The Hall–Kier alpha value is -0.760. The van der Waals surface area contributed by atoms with E-state index in [1.807, 2.05) is 0 Å². The van der Waals surface area contributed by atoms with Crippen LogP contribution in [0.4, 0.5) is 5.82 Å². The average Bonchev–Trinajstić information content (AvgIpc) is 1.97. The molecule has 0 saturated heterocycles. The molecule has 0 atom stereocenters. The van der Waals surface area contributed by atoms with Crippen LogP contribution in [0.1, 0.15) is 4.11 Å². The van der Waals surface area contributed by atoms with Crippen molar-refractivity contribution in [3.8, 4) is 0 Å². The minimum absolute atomic E-state index is 0.115. The second-order valence-corrected chi connectivity index (χ2v) is 1.52. The molecule has 0 fully saturated rings. The van der Waals surface area contributed by atoms with Crippen molar-refractivity contribution in [1.82, 2.24) is 4.98 Å². The number of hydrogen-bond donors (Lipinski definition) is 1. The van der Waals surface area contributed by atoms with Gasteiger partial charge in [-0.05, 0) is 12.1 Å². The van der Waals surface area contributed by atoms with E-state index >= 15 is 0 Å². The maximum absolute atomic E-state index is 7.15. The normalized spacial score (nSPS) is 14.4. The van der Waals surface area contributed by atoms with Gasteiger partial charge >= 0.3 is 0 Å². The van der Waals surface area contributed by atoms with Gasteiger partial charge in [0, 0.05) is 0 Å². The molecule has 1 rings (SSSR count). The minimum atomic E-state index is -0.289. The van der Waals surface area contributed by atoms with Gasteiger partial charge in [0.1, 0.15) is 11.0 Å². The lowest BCUT2D eigenvalue weighted by molar-refractivity contribution is 1.34. The Kier molecular flexibility index (Phi) is 0.674. The highest BCUT2D eigenvalue weighted by atomic mass is 35.5. The number of halogens is 1. The Morgan fingerprint density at radius 2 is 2.50 bits per heavy atom. The fourth-order valence-corrected chi connectivity index (χ4v) is 0.447. The predicted octanol–water partition coefficient (Wildman–Crippen LogP) is 1.32. The molecule has 0 bridgehead atoms. The molecule has 0 unspecified atom stereocenters. The Morgan fingerprint density at radius 3 is 3.25 bits per heavy atom. The number of aromatic nitrogens is 1. The fraction of sp³-hybridized carbons (Fsp3) is 0. The van der Waals surface area contributed by atoms with E-state index in [0.717, 1.165) is 0 Å². The SMILES string of the molecule is [2H]c1c(N)nc(Cl)c([2H])c1[2H]. The Bertz CT molecular complexity index is 276. The smallest absolute Gasteiger partial charge is 0.131 e. The van der Waals surface area contributed by atoms with Crippen LogP contribution in [0.15, 0.2) is 18.1 Å². The highest BCUT2D eigenvalue weighted by Crippen LogP contribution is 2.04. The molecule has 8 heavy (non-hydrogen) atoms. The summed E-state index contributed by atoms with van der Waals surface area (Å²) in [7, 11) is 0. The summed E-state index contributed by atoms with van der Waals surface area (Å²) < 4.78 is 21.4. The van der Waals surface area contributed by atoms with Gasteiger partial charge in [0.25, 0.3) is 0 Å². The molecule has 0 radical (unpaired) electrons. The molecule has 0 spiro atoms. The third-order valence-electron chi connectivity index (χ3n) is 0.575. The fourth-order valence-electron chi connectivity index (χ4n) is 0.309. The summed E-state index contributed by atoms with van der Waals surface area (Å²) in [5.41, 5.74) is 5.20. The maximum atomic E-state index is 7.15. The van der Waals surface area contributed by atoms with Gasteiger partial charge in [0.2, 0.25) is 0 Å². The zero-order valence-corrected chi connectivity index (χ0v) is 4.66. The molecule has 0 saturated carbocycles. The topological polar surface area (TPSA) is 38.9 Å². The van der Waals surface area contributed by atoms with E-state index in [1.165, 1.54) is 0 Å². The van der Waals surface area contributed by atoms with Gasteiger partial charge in [-0.1, -0.05) is 17.6 Å². The summed E-state index contributed by atoms with van der Waals surface area (Å²) >= 11 is 5.41. The highest BCUT2D eigenvalue weighted by molar-refractivity contribution is 6.29. The Balaban J connectivity index is 3.46. The monoisotopic (exact) mass is 131 g/mol. The quantitative estimate of drug-likeness (QED) is 0.540. The molecule has 2 N–H and O–H groups in total. The summed E-state index contributed by atoms with van der Waals surface area (Å²) in [6.07, 6.45) is 0. The van der Waals surface area contributed by atoms with Gasteiger partial charge in [0.15, 0.2) is 0 Å². The zero-order chi connectivity index (χ0) is 8.59. The molecule has 2 nitrogen and oxygen atoms in total. The molecule has 0 aliphatic heterocycles. The van der Waals surface area contributed by atoms with E-state index in [1.54, 1.807) is 0 Å². The van der Waals surface area contributed by atoms with Gasteiger partial charge in [-0.15, -0.1) is 0 Å². The maximum Gasteiger partial charge on any atom is 0.131 e. The lowest BCUT2D eigenvalue weighted by atomic mass is 10.5. The van der Waals surface area contributed by atoms with Crippen LogP contribution < -0.4 is 5.73 Å². The number of nitrogens with two attached hydrogens (primary N) is 1. The van der Waals surface area contributed by atoms with Crippen LogP contribution in [0.2, 0.25) is 5.15 Å². The number of hydrogen-bond acceptors (Lipinski definition) is 2. The van der Waals surface area contributed by atoms with E-state index in [4.69, 9.17) is 21.4 Å². The van der Waals surface area contributed by atoms with Crippen LogP contribution in [0.3, 0.4) is 0 Å². The highest BCUT2D eigenvalue weighted by Gasteiger charge is 1.84. The standard InChI is InChI=1S/C5H5ClN2/c6-4-2-1-3-5(7)8-4/h1-3H,(H2,7,8)/i1D,2D,3D. The van der Waals surface area contributed by atoms with Crippen LogP contribution in [0, 0.1) is 0 Å². The Labute approximate surface area is 56.5 Å². The largest absolute Gasteiger partial charge is 0.384 e. The molecule has 1 aromatic rings. The molecular weight excluding hydrogens is 124 g/mol. The number of nitrogen functional groups attached to an aromatic ring is 1. The van der Waals surface area contributed by atoms with Crippen molar-refractivity contribution in [3.63, 3.8) is 0 Å². The molecule has 0 aliphatic rings. The van der Waals surface area contributed by atoms with Gasteiger partial charge in [0.05, 0.1) is 4.11 Å². The van der Waals surface area contributed by atoms with E-state index in [9.17, 15) is 0 Å². The summed E-state index contributed by atoms with van der Waals surface area (Å²) in [6.45, 7) is 0. The van der Waals surface area contributed by atoms with Crippen LogP contribution in [-0.2, 0) is 0 Å². The first-order valence-corrected chi connectivity index (χ1v) is 2.30. The van der Waals surface area contributed by atoms with E-state index in [-0.39, 0.29) is 29.1 Å². The van der Waals surface area contributed by atoms with Crippen LogP contribution in [0.5, 0.6) is 0 Å². The first-order valence-electron chi connectivity index (χ1n) is 3.42. The third-order valence-corrected chi connectivity index (χ3v) is 0.754. The minimum Gasteiger partial charge on any atom is -0.384 e. The van der Waals surface area contributed by atoms with Gasteiger partial charge in [-0.3, -0.25) is 0 Å². The predicted molar refractivity (Wildman–Crippen MR) is 33.7 cm³/mol. The van der Waals surface area contributed by atoms with E-state index in [0.29, 0.717) is 0 Å². The van der Waals surface area contributed by atoms with Gasteiger partial charge < -0.3 is 5.73 Å². The lowest BCUT2D eigenvalue weighted by Gasteiger charge is -1.88. The van der Waals surface area contributed by atoms with E-state index < -0.39 is 0 Å². The average molecular weight is 132 g/mol. The molecule has 0 aromatic carbocycles. The van der Waals surface area contributed by atoms with Crippen LogP contribution in [0.25, 0.3) is 0 Å². The summed E-state index contributed by atoms with van der Waals surface area (Å²) in [6, 6.07) is -0.798. The third kappa shape index (κ3) is 1.10. The number of rotatable bonds is 0. The van der Waals surface area contributed by atoms with E-state index in [2.05, 4.69) is 4.98 Å². The second kappa shape index (κ2) is 2.01. The molecule has 3 heteroatoms. The van der Waals surface area contributed by atoms with Crippen molar-refractivity contribution in [2.75, 3.05) is 5.73 Å². The molecule has 1 heterocycles. The molecule has 0 amide bonds. The van der Waals surface area contributed by atoms with Gasteiger partial charge in [-0.25, -0.2) is 4.98 Å². The van der Waals surface area contributed by atoms with Crippen LogP contribution >= 0.6 is 11.6 Å². The first-order chi connectivity index (χ1) is 5.04. The number of pyridine rings is 1.